The van der Waals surface area contributed by atoms with E-state index in [0.717, 1.165) is 22.6 Å². The minimum Gasteiger partial charge on any atom is -0.454 e. The molecule has 2 aromatic carbocycles. The van der Waals surface area contributed by atoms with Crippen LogP contribution in [0, 0.1) is 5.92 Å². The molecule has 1 aliphatic rings. The monoisotopic (exact) mass is 547 g/mol. The summed E-state index contributed by atoms with van der Waals surface area (Å²) in [6.45, 7) is 4.73. The Kier molecular flexibility index (Phi) is 8.45. The average Bonchev–Trinajstić information content (AvgIpc) is 3.54. The number of thiophene rings is 1. The van der Waals surface area contributed by atoms with Crippen molar-refractivity contribution in [3.8, 4) is 11.5 Å². The van der Waals surface area contributed by atoms with Crippen molar-refractivity contribution in [1.82, 2.24) is 9.80 Å². The van der Waals surface area contributed by atoms with Crippen LogP contribution in [0.5, 0.6) is 11.5 Å². The quantitative estimate of drug-likeness (QED) is 0.346. The summed E-state index contributed by atoms with van der Waals surface area (Å²) >= 11 is 1.53. The lowest BCUT2D eigenvalue weighted by molar-refractivity contribution is -0.137. The maximum atomic E-state index is 13.5. The van der Waals surface area contributed by atoms with Gasteiger partial charge >= 0.3 is 12.2 Å². The molecule has 11 heteroatoms. The summed E-state index contributed by atoms with van der Waals surface area (Å²) in [5, 5.41) is 4.55. The minimum atomic E-state index is -4.47. The molecule has 0 unspecified atom stereocenters. The molecule has 3 amide bonds. The van der Waals surface area contributed by atoms with Gasteiger partial charge in [0.25, 0.3) is 0 Å². The van der Waals surface area contributed by atoms with Crippen molar-refractivity contribution in [3.05, 3.63) is 76.0 Å². The second-order valence-corrected chi connectivity index (χ2v) is 10.3. The van der Waals surface area contributed by atoms with E-state index in [1.54, 1.807) is 11.0 Å². The largest absolute Gasteiger partial charge is 0.454 e. The van der Waals surface area contributed by atoms with Crippen LogP contribution in [0.2, 0.25) is 0 Å². The van der Waals surface area contributed by atoms with Gasteiger partial charge in [0.2, 0.25) is 12.7 Å². The van der Waals surface area contributed by atoms with Crippen LogP contribution in [0.4, 0.5) is 23.7 Å². The molecule has 38 heavy (non-hydrogen) atoms. The molecule has 0 atom stereocenters. The fourth-order valence-electron chi connectivity index (χ4n) is 3.95. The third-order valence-corrected chi connectivity index (χ3v) is 6.61. The molecule has 1 aliphatic heterocycles. The summed E-state index contributed by atoms with van der Waals surface area (Å²) < 4.78 is 49.5. The summed E-state index contributed by atoms with van der Waals surface area (Å²) in [5.41, 5.74) is 0.251. The van der Waals surface area contributed by atoms with E-state index in [1.165, 1.54) is 28.4 Å². The maximum absolute atomic E-state index is 13.5. The molecule has 0 saturated carbocycles. The summed E-state index contributed by atoms with van der Waals surface area (Å²) in [4.78, 5) is 30.7. The summed E-state index contributed by atoms with van der Waals surface area (Å²) in [5.74, 6) is 1.05. The first-order valence-corrected chi connectivity index (χ1v) is 12.9. The smallest absolute Gasteiger partial charge is 0.416 e. The molecular formula is C27H28F3N3O4S. The van der Waals surface area contributed by atoms with E-state index in [2.05, 4.69) is 5.32 Å². The normalized spacial score (nSPS) is 12.5. The number of rotatable bonds is 9. The lowest BCUT2D eigenvalue weighted by atomic mass is 10.1. The van der Waals surface area contributed by atoms with Crippen LogP contribution >= 0.6 is 11.3 Å². The first-order chi connectivity index (χ1) is 18.1. The molecule has 3 aromatic rings. The van der Waals surface area contributed by atoms with E-state index in [4.69, 9.17) is 9.47 Å². The lowest BCUT2D eigenvalue weighted by Gasteiger charge is -2.29. The van der Waals surface area contributed by atoms with Crippen LogP contribution < -0.4 is 14.8 Å². The van der Waals surface area contributed by atoms with Crippen molar-refractivity contribution in [2.75, 3.05) is 25.2 Å². The summed E-state index contributed by atoms with van der Waals surface area (Å²) in [7, 11) is 0. The van der Waals surface area contributed by atoms with Gasteiger partial charge in [-0.15, -0.1) is 11.3 Å². The molecule has 0 radical (unpaired) electrons. The van der Waals surface area contributed by atoms with Crippen molar-refractivity contribution >= 4 is 29.0 Å². The number of nitrogens with one attached hydrogen (secondary N) is 1. The number of benzene rings is 2. The number of ether oxygens (including phenoxy) is 2. The van der Waals surface area contributed by atoms with Crippen LogP contribution in [-0.4, -0.2) is 41.6 Å². The number of alkyl halides is 3. The number of carbonyl (C=O) groups is 2. The van der Waals surface area contributed by atoms with Gasteiger partial charge in [-0.1, -0.05) is 26.0 Å². The van der Waals surface area contributed by atoms with E-state index >= 15 is 0 Å². The van der Waals surface area contributed by atoms with E-state index in [-0.39, 0.29) is 37.4 Å². The average molecular weight is 548 g/mol. The highest BCUT2D eigenvalue weighted by atomic mass is 32.1. The van der Waals surface area contributed by atoms with Crippen molar-refractivity contribution in [2.45, 2.75) is 33.1 Å². The second kappa shape index (κ2) is 11.8. The number of nitrogens with zero attached hydrogens (tertiary/aromatic N) is 2. The summed E-state index contributed by atoms with van der Waals surface area (Å²) in [6, 6.07) is 13.0. The number of anilines is 1. The summed E-state index contributed by atoms with van der Waals surface area (Å²) in [6.07, 6.45) is -4.47. The van der Waals surface area contributed by atoms with Crippen molar-refractivity contribution in [2.24, 2.45) is 5.92 Å². The Labute approximate surface area is 222 Å². The Morgan fingerprint density at radius 3 is 2.39 bits per heavy atom. The maximum Gasteiger partial charge on any atom is 0.416 e. The molecule has 0 spiro atoms. The zero-order valence-electron chi connectivity index (χ0n) is 21.0. The molecule has 0 fully saturated rings. The van der Waals surface area contributed by atoms with Crippen LogP contribution in [0.3, 0.4) is 0 Å². The van der Waals surface area contributed by atoms with Crippen molar-refractivity contribution in [3.63, 3.8) is 0 Å². The highest BCUT2D eigenvalue weighted by molar-refractivity contribution is 7.09. The molecule has 2 heterocycles. The number of hydrogen-bond acceptors (Lipinski definition) is 5. The zero-order chi connectivity index (χ0) is 27.3. The third-order valence-electron chi connectivity index (χ3n) is 5.75. The number of halogens is 3. The van der Waals surface area contributed by atoms with Gasteiger partial charge in [0.1, 0.15) is 6.54 Å². The first kappa shape index (κ1) is 27.3. The molecule has 7 nitrogen and oxygen atoms in total. The molecule has 1 aromatic heterocycles. The van der Waals surface area contributed by atoms with Gasteiger partial charge < -0.3 is 24.6 Å². The third kappa shape index (κ3) is 7.18. The highest BCUT2D eigenvalue weighted by Gasteiger charge is 2.30. The van der Waals surface area contributed by atoms with Gasteiger partial charge in [0, 0.05) is 23.7 Å². The molecule has 0 bridgehead atoms. The van der Waals surface area contributed by atoms with Crippen LogP contribution in [0.15, 0.2) is 60.0 Å². The van der Waals surface area contributed by atoms with Crippen molar-refractivity contribution < 1.29 is 32.2 Å². The second-order valence-electron chi connectivity index (χ2n) is 9.30. The topological polar surface area (TPSA) is 71.1 Å². The van der Waals surface area contributed by atoms with Crippen LogP contribution in [0.25, 0.3) is 0 Å². The number of carbonyl (C=O) groups excluding carboxylic acids is 2. The Morgan fingerprint density at radius 2 is 1.74 bits per heavy atom. The van der Waals surface area contributed by atoms with E-state index in [9.17, 15) is 22.8 Å². The van der Waals surface area contributed by atoms with Gasteiger partial charge in [0.15, 0.2) is 11.5 Å². The molecule has 0 saturated heterocycles. The van der Waals surface area contributed by atoms with Crippen LogP contribution in [0.1, 0.15) is 29.9 Å². The Balaban J connectivity index is 1.49. The molecule has 0 aliphatic carbocycles. The Bertz CT molecular complexity index is 1250. The number of amides is 3. The molecular weight excluding hydrogens is 519 g/mol. The van der Waals surface area contributed by atoms with Gasteiger partial charge in [-0.3, -0.25) is 4.79 Å². The van der Waals surface area contributed by atoms with E-state index in [1.807, 2.05) is 43.5 Å². The Morgan fingerprint density at radius 1 is 1.00 bits per heavy atom. The number of hydrogen-bond donors (Lipinski definition) is 1. The molecule has 4 rings (SSSR count). The zero-order valence-corrected chi connectivity index (χ0v) is 21.8. The van der Waals surface area contributed by atoms with Gasteiger partial charge in [-0.2, -0.15) is 13.2 Å². The molecule has 1 N–H and O–H groups in total. The van der Waals surface area contributed by atoms with Crippen LogP contribution in [-0.2, 0) is 24.1 Å². The molecule has 202 valence electrons. The van der Waals surface area contributed by atoms with Crippen molar-refractivity contribution in [1.29, 1.82) is 0 Å². The van der Waals surface area contributed by atoms with Gasteiger partial charge in [-0.25, -0.2) is 4.79 Å². The highest BCUT2D eigenvalue weighted by Crippen LogP contribution is 2.33. The van der Waals surface area contributed by atoms with E-state index < -0.39 is 17.8 Å². The van der Waals surface area contributed by atoms with Gasteiger partial charge in [-0.05, 0) is 59.3 Å². The number of fused-ring (bicyclic) bond motifs is 1. The fourth-order valence-corrected chi connectivity index (χ4v) is 4.67. The standard InChI is InChI=1S/C27H28F3N3O4S/c1-18(2)13-33(26(35)31-21-8-6-20(7-9-21)27(28,29)30)16-25(34)32(15-22-4-3-11-38-22)14-19-5-10-23-24(12-19)37-17-36-23/h3-12,18H,13-17H2,1-2H3,(H,31,35). The minimum absolute atomic E-state index is 0.0563. The lowest BCUT2D eigenvalue weighted by Crippen LogP contribution is -2.45. The first-order valence-electron chi connectivity index (χ1n) is 12.0. The van der Waals surface area contributed by atoms with Gasteiger partial charge in [0.05, 0.1) is 12.1 Å². The fraction of sp³-hybridized carbons (Fsp3) is 0.333. The Hall–Kier alpha value is -3.73. The SMILES string of the molecule is CC(C)CN(CC(=O)N(Cc1ccc2c(c1)OCO2)Cc1cccs1)C(=O)Nc1ccc(C(F)(F)F)cc1. The predicted molar refractivity (Wildman–Crippen MR) is 138 cm³/mol. The predicted octanol–water partition coefficient (Wildman–Crippen LogP) is 6.21. The van der Waals surface area contributed by atoms with E-state index in [0.29, 0.717) is 24.6 Å². The number of urea groups is 1.